The molecule has 0 bridgehead atoms. The van der Waals surface area contributed by atoms with E-state index in [-0.39, 0.29) is 17.9 Å². The quantitative estimate of drug-likeness (QED) is 0.915. The van der Waals surface area contributed by atoms with Gasteiger partial charge in [0.1, 0.15) is 9.84 Å². The number of benzene rings is 1. The normalized spacial score (nSPS) is 14.5. The predicted molar refractivity (Wildman–Crippen MR) is 63.0 cm³/mol. The molecular weight excluding hydrogens is 267 g/mol. The van der Waals surface area contributed by atoms with Crippen molar-refractivity contribution in [2.75, 3.05) is 18.6 Å². The third kappa shape index (κ3) is 4.30. The van der Waals surface area contributed by atoms with Gasteiger partial charge in [0.05, 0.1) is 11.3 Å². The minimum absolute atomic E-state index is 0.0195. The molecule has 1 atom stereocenters. The summed E-state index contributed by atoms with van der Waals surface area (Å²) in [5, 5.41) is 0. The van der Waals surface area contributed by atoms with Crippen molar-refractivity contribution in [3.05, 3.63) is 35.4 Å². The van der Waals surface area contributed by atoms with E-state index in [0.29, 0.717) is 0 Å². The summed E-state index contributed by atoms with van der Waals surface area (Å²) in [4.78, 5) is 0. The molecule has 0 amide bonds. The summed E-state index contributed by atoms with van der Waals surface area (Å²) < 4.78 is 59.9. The Morgan fingerprint density at radius 3 is 2.39 bits per heavy atom. The second kappa shape index (κ2) is 5.27. The van der Waals surface area contributed by atoms with Crippen LogP contribution in [0.25, 0.3) is 0 Å². The first-order valence-corrected chi connectivity index (χ1v) is 7.24. The van der Waals surface area contributed by atoms with Crippen molar-refractivity contribution in [1.82, 2.24) is 0 Å². The predicted octanol–water partition coefficient (Wildman–Crippen LogP) is 1.79. The molecule has 0 saturated heterocycles. The summed E-state index contributed by atoms with van der Waals surface area (Å²) in [6.07, 6.45) is -3.41. The maximum Gasteiger partial charge on any atom is 0.416 e. The first-order valence-electron chi connectivity index (χ1n) is 5.18. The van der Waals surface area contributed by atoms with E-state index in [4.69, 9.17) is 5.73 Å². The molecule has 7 heteroatoms. The molecule has 0 aliphatic carbocycles. The Morgan fingerprint density at radius 2 is 1.94 bits per heavy atom. The van der Waals surface area contributed by atoms with Crippen LogP contribution in [-0.4, -0.2) is 27.0 Å². The molecule has 3 nitrogen and oxygen atoms in total. The van der Waals surface area contributed by atoms with E-state index in [0.717, 1.165) is 18.4 Å². The van der Waals surface area contributed by atoms with Crippen LogP contribution < -0.4 is 5.73 Å². The summed E-state index contributed by atoms with van der Waals surface area (Å²) in [5.74, 6) is -0.882. The highest BCUT2D eigenvalue weighted by Crippen LogP contribution is 2.31. The van der Waals surface area contributed by atoms with Crippen LogP contribution in [0.15, 0.2) is 24.3 Å². The van der Waals surface area contributed by atoms with Gasteiger partial charge in [-0.25, -0.2) is 8.42 Å². The first kappa shape index (κ1) is 15.0. The lowest BCUT2D eigenvalue weighted by Crippen LogP contribution is -2.21. The number of halogens is 3. The standard InChI is InChI=1S/C11H14F3NO2S/c1-18(16,17)7-9(6-15)8-3-2-4-10(5-8)11(12,13)14/h2-5,9H,6-7,15H2,1H3. The Kier molecular flexibility index (Phi) is 4.39. The van der Waals surface area contributed by atoms with E-state index in [1.165, 1.54) is 12.1 Å². The molecule has 0 spiro atoms. The van der Waals surface area contributed by atoms with Gasteiger partial charge in [-0.2, -0.15) is 13.2 Å². The topological polar surface area (TPSA) is 60.2 Å². The SMILES string of the molecule is CS(=O)(=O)CC(CN)c1cccc(C(F)(F)F)c1. The molecule has 0 radical (unpaired) electrons. The molecule has 0 fully saturated rings. The third-order valence-electron chi connectivity index (χ3n) is 2.47. The largest absolute Gasteiger partial charge is 0.416 e. The van der Waals surface area contributed by atoms with Crippen molar-refractivity contribution < 1.29 is 21.6 Å². The molecule has 0 heterocycles. The van der Waals surface area contributed by atoms with Crippen LogP contribution in [0.1, 0.15) is 17.0 Å². The summed E-state index contributed by atoms with van der Waals surface area (Å²) >= 11 is 0. The fourth-order valence-electron chi connectivity index (χ4n) is 1.63. The highest BCUT2D eigenvalue weighted by atomic mass is 32.2. The smallest absolute Gasteiger partial charge is 0.330 e. The van der Waals surface area contributed by atoms with Crippen LogP contribution in [0.3, 0.4) is 0 Å². The van der Waals surface area contributed by atoms with Crippen LogP contribution >= 0.6 is 0 Å². The van der Waals surface area contributed by atoms with Crippen LogP contribution in [0.5, 0.6) is 0 Å². The highest BCUT2D eigenvalue weighted by molar-refractivity contribution is 7.90. The van der Waals surface area contributed by atoms with Crippen LogP contribution in [-0.2, 0) is 16.0 Å². The Balaban J connectivity index is 3.08. The molecule has 0 aromatic heterocycles. The van der Waals surface area contributed by atoms with Gasteiger partial charge in [-0.1, -0.05) is 18.2 Å². The first-order chi connectivity index (χ1) is 8.13. The van der Waals surface area contributed by atoms with Gasteiger partial charge in [-0.05, 0) is 11.6 Å². The summed E-state index contributed by atoms with van der Waals surface area (Å²) in [6.45, 7) is -0.0195. The molecule has 0 aliphatic heterocycles. The van der Waals surface area contributed by atoms with Gasteiger partial charge in [0.2, 0.25) is 0 Å². The molecule has 1 aromatic rings. The summed E-state index contributed by atoms with van der Waals surface area (Å²) in [6, 6.07) is 4.60. The molecule has 102 valence electrons. The van der Waals surface area contributed by atoms with E-state index in [2.05, 4.69) is 0 Å². The lowest BCUT2D eigenvalue weighted by atomic mass is 9.99. The third-order valence-corrected chi connectivity index (χ3v) is 3.48. The van der Waals surface area contributed by atoms with E-state index < -0.39 is 27.5 Å². The van der Waals surface area contributed by atoms with E-state index in [9.17, 15) is 21.6 Å². The summed E-state index contributed by atoms with van der Waals surface area (Å²) in [5.41, 5.74) is 4.92. The van der Waals surface area contributed by atoms with Crippen LogP contribution in [0, 0.1) is 0 Å². The van der Waals surface area contributed by atoms with Gasteiger partial charge in [0.15, 0.2) is 0 Å². The minimum atomic E-state index is -4.44. The van der Waals surface area contributed by atoms with Gasteiger partial charge in [0, 0.05) is 18.7 Å². The van der Waals surface area contributed by atoms with Gasteiger partial charge < -0.3 is 5.73 Å². The fraction of sp³-hybridized carbons (Fsp3) is 0.455. The Morgan fingerprint density at radius 1 is 1.33 bits per heavy atom. The maximum atomic E-state index is 12.5. The van der Waals surface area contributed by atoms with Crippen molar-refractivity contribution >= 4 is 9.84 Å². The number of nitrogens with two attached hydrogens (primary N) is 1. The second-order valence-corrected chi connectivity index (χ2v) is 6.33. The molecular formula is C11H14F3NO2S. The minimum Gasteiger partial charge on any atom is -0.330 e. The average Bonchev–Trinajstić information content (AvgIpc) is 2.23. The molecule has 2 N–H and O–H groups in total. The Bertz CT molecular complexity index is 511. The zero-order valence-electron chi connectivity index (χ0n) is 9.74. The average molecular weight is 281 g/mol. The van der Waals surface area contributed by atoms with Gasteiger partial charge in [-0.15, -0.1) is 0 Å². The van der Waals surface area contributed by atoms with Crippen molar-refractivity contribution in [2.24, 2.45) is 5.73 Å². The van der Waals surface area contributed by atoms with Gasteiger partial charge in [0.25, 0.3) is 0 Å². The second-order valence-electron chi connectivity index (χ2n) is 4.15. The van der Waals surface area contributed by atoms with E-state index in [1.54, 1.807) is 0 Å². The van der Waals surface area contributed by atoms with Crippen molar-refractivity contribution in [1.29, 1.82) is 0 Å². The van der Waals surface area contributed by atoms with Crippen LogP contribution in [0.2, 0.25) is 0 Å². The molecule has 0 aliphatic rings. The van der Waals surface area contributed by atoms with E-state index in [1.807, 2.05) is 0 Å². The molecule has 1 rings (SSSR count). The lowest BCUT2D eigenvalue weighted by molar-refractivity contribution is -0.137. The number of sulfone groups is 1. The van der Waals surface area contributed by atoms with Crippen molar-refractivity contribution in [2.45, 2.75) is 12.1 Å². The maximum absolute atomic E-state index is 12.5. The van der Waals surface area contributed by atoms with Crippen molar-refractivity contribution in [3.8, 4) is 0 Å². The molecule has 1 aromatic carbocycles. The highest BCUT2D eigenvalue weighted by Gasteiger charge is 2.31. The number of rotatable bonds is 4. The van der Waals surface area contributed by atoms with Gasteiger partial charge in [-0.3, -0.25) is 0 Å². The molecule has 1 unspecified atom stereocenters. The number of hydrogen-bond donors (Lipinski definition) is 1. The zero-order chi connectivity index (χ0) is 14.0. The Labute approximate surface area is 104 Å². The Hall–Kier alpha value is -1.08. The summed E-state index contributed by atoms with van der Waals surface area (Å²) in [7, 11) is -3.29. The lowest BCUT2D eigenvalue weighted by Gasteiger charge is -2.16. The number of alkyl halides is 3. The molecule has 18 heavy (non-hydrogen) atoms. The van der Waals surface area contributed by atoms with Gasteiger partial charge >= 0.3 is 6.18 Å². The van der Waals surface area contributed by atoms with Crippen molar-refractivity contribution in [3.63, 3.8) is 0 Å². The monoisotopic (exact) mass is 281 g/mol. The van der Waals surface area contributed by atoms with Crippen LogP contribution in [0.4, 0.5) is 13.2 Å². The van der Waals surface area contributed by atoms with E-state index >= 15 is 0 Å². The number of hydrogen-bond acceptors (Lipinski definition) is 3. The fourth-order valence-corrected chi connectivity index (χ4v) is 2.69. The zero-order valence-corrected chi connectivity index (χ0v) is 10.6. The molecule has 0 saturated carbocycles.